The highest BCUT2D eigenvalue weighted by atomic mass is 19.1. The molecule has 0 aromatic carbocycles. The zero-order valence-electron chi connectivity index (χ0n) is 13.4. The maximum Gasteiger partial charge on any atom is 0.340 e. The van der Waals surface area contributed by atoms with Gasteiger partial charge in [-0.15, -0.1) is 0 Å². The molecule has 0 unspecified atom stereocenters. The second-order valence-corrected chi connectivity index (χ2v) is 5.22. The third kappa shape index (κ3) is 3.29. The molecule has 0 atom stereocenters. The van der Waals surface area contributed by atoms with Gasteiger partial charge < -0.3 is 9.14 Å². The lowest BCUT2D eigenvalue weighted by Crippen LogP contribution is -2.05. The number of pyridine rings is 2. The van der Waals surface area contributed by atoms with E-state index in [0.29, 0.717) is 16.8 Å². The SMILES string of the molecule is CCOC(=O)c1cc2cc(CN=[N+]=[N-])ccn2c1-c1ccc(F)nc1. The number of esters is 1. The number of carbonyl (C=O) groups excluding carboxylic acids is 1. The molecule has 3 aromatic heterocycles. The summed E-state index contributed by atoms with van der Waals surface area (Å²) in [6.07, 6.45) is 3.13. The summed E-state index contributed by atoms with van der Waals surface area (Å²) in [5, 5.41) is 3.54. The topological polar surface area (TPSA) is 92.4 Å². The number of carbonyl (C=O) groups is 1. The normalized spacial score (nSPS) is 10.5. The molecule has 8 heteroatoms. The van der Waals surface area contributed by atoms with Gasteiger partial charge >= 0.3 is 5.97 Å². The van der Waals surface area contributed by atoms with Gasteiger partial charge in [0.15, 0.2) is 0 Å². The van der Waals surface area contributed by atoms with Crippen molar-refractivity contribution in [1.29, 1.82) is 0 Å². The number of azide groups is 1. The Labute approximate surface area is 142 Å². The van der Waals surface area contributed by atoms with Gasteiger partial charge in [0.2, 0.25) is 5.95 Å². The van der Waals surface area contributed by atoms with Gasteiger partial charge in [-0.05, 0) is 48.4 Å². The minimum absolute atomic E-state index is 0.209. The minimum atomic E-state index is -0.598. The first-order valence-corrected chi connectivity index (χ1v) is 7.58. The van der Waals surface area contributed by atoms with E-state index in [9.17, 15) is 9.18 Å². The van der Waals surface area contributed by atoms with Gasteiger partial charge in [-0.2, -0.15) is 4.39 Å². The van der Waals surface area contributed by atoms with Crippen LogP contribution in [0.2, 0.25) is 0 Å². The van der Waals surface area contributed by atoms with Crippen molar-refractivity contribution in [3.63, 3.8) is 0 Å². The molecule has 0 aliphatic heterocycles. The van der Waals surface area contributed by atoms with E-state index >= 15 is 0 Å². The van der Waals surface area contributed by atoms with Gasteiger partial charge in [0.05, 0.1) is 24.4 Å². The van der Waals surface area contributed by atoms with Gasteiger partial charge in [-0.25, -0.2) is 9.78 Å². The molecule has 3 heterocycles. The van der Waals surface area contributed by atoms with Crippen LogP contribution in [0.25, 0.3) is 27.2 Å². The lowest BCUT2D eigenvalue weighted by Gasteiger charge is -2.07. The Balaban J connectivity index is 2.19. The molecule has 0 spiro atoms. The zero-order chi connectivity index (χ0) is 17.8. The average Bonchev–Trinajstić information content (AvgIpc) is 2.99. The second kappa shape index (κ2) is 7.02. The molecule has 3 aromatic rings. The smallest absolute Gasteiger partial charge is 0.340 e. The molecule has 25 heavy (non-hydrogen) atoms. The van der Waals surface area contributed by atoms with E-state index < -0.39 is 11.9 Å². The molecule has 3 rings (SSSR count). The molecule has 0 radical (unpaired) electrons. The van der Waals surface area contributed by atoms with Crippen molar-refractivity contribution < 1.29 is 13.9 Å². The van der Waals surface area contributed by atoms with Crippen LogP contribution in [0.5, 0.6) is 0 Å². The Morgan fingerprint density at radius 1 is 1.40 bits per heavy atom. The quantitative estimate of drug-likeness (QED) is 0.230. The summed E-state index contributed by atoms with van der Waals surface area (Å²) >= 11 is 0. The van der Waals surface area contributed by atoms with Gasteiger partial charge in [0.1, 0.15) is 0 Å². The van der Waals surface area contributed by atoms with E-state index in [1.165, 1.54) is 12.3 Å². The van der Waals surface area contributed by atoms with Crippen molar-refractivity contribution in [3.8, 4) is 11.3 Å². The summed E-state index contributed by atoms with van der Waals surface area (Å²) in [6, 6.07) is 8.09. The number of rotatable bonds is 5. The molecule has 0 aliphatic rings. The van der Waals surface area contributed by atoms with Crippen molar-refractivity contribution in [2.24, 2.45) is 5.11 Å². The highest BCUT2D eigenvalue weighted by Crippen LogP contribution is 2.28. The zero-order valence-corrected chi connectivity index (χ0v) is 13.4. The molecule has 0 saturated carbocycles. The van der Waals surface area contributed by atoms with Crippen LogP contribution in [-0.2, 0) is 11.3 Å². The van der Waals surface area contributed by atoms with Gasteiger partial charge in [0, 0.05) is 28.4 Å². The van der Waals surface area contributed by atoms with E-state index in [-0.39, 0.29) is 13.2 Å². The molecule has 0 fully saturated rings. The molecule has 0 aliphatic carbocycles. The van der Waals surface area contributed by atoms with Crippen molar-refractivity contribution in [3.05, 3.63) is 70.2 Å². The molecule has 126 valence electrons. The number of ether oxygens (including phenoxy) is 1. The maximum absolute atomic E-state index is 13.1. The van der Waals surface area contributed by atoms with E-state index in [2.05, 4.69) is 15.0 Å². The largest absolute Gasteiger partial charge is 0.462 e. The molecular formula is C17H14FN5O2. The first kappa shape index (κ1) is 16.5. The van der Waals surface area contributed by atoms with Gasteiger partial charge in [0.25, 0.3) is 0 Å². The van der Waals surface area contributed by atoms with E-state index in [1.54, 1.807) is 35.7 Å². The number of fused-ring (bicyclic) bond motifs is 1. The Morgan fingerprint density at radius 2 is 2.24 bits per heavy atom. The second-order valence-electron chi connectivity index (χ2n) is 5.22. The predicted octanol–water partition coefficient (Wildman–Crippen LogP) is 4.13. The lowest BCUT2D eigenvalue weighted by atomic mass is 10.1. The van der Waals surface area contributed by atoms with Gasteiger partial charge in [-0.1, -0.05) is 5.11 Å². The van der Waals surface area contributed by atoms with E-state index in [0.717, 1.165) is 11.1 Å². The van der Waals surface area contributed by atoms with Crippen molar-refractivity contribution in [1.82, 2.24) is 9.38 Å². The Bertz CT molecular complexity index is 975. The number of hydrogen-bond acceptors (Lipinski definition) is 4. The molecule has 0 bridgehead atoms. The summed E-state index contributed by atoms with van der Waals surface area (Å²) in [5.74, 6) is -1.07. The number of halogens is 1. The lowest BCUT2D eigenvalue weighted by molar-refractivity contribution is 0.0527. The van der Waals surface area contributed by atoms with Crippen molar-refractivity contribution in [2.45, 2.75) is 13.5 Å². The van der Waals surface area contributed by atoms with Crippen LogP contribution >= 0.6 is 0 Å². The first-order valence-electron chi connectivity index (χ1n) is 7.58. The number of aromatic nitrogens is 2. The van der Waals surface area contributed by atoms with Crippen LogP contribution in [0, 0.1) is 5.95 Å². The first-order chi connectivity index (χ1) is 12.1. The molecule has 7 nitrogen and oxygen atoms in total. The molecule has 0 amide bonds. The van der Waals surface area contributed by atoms with E-state index in [4.69, 9.17) is 10.3 Å². The number of nitrogens with zero attached hydrogens (tertiary/aromatic N) is 5. The predicted molar refractivity (Wildman–Crippen MR) is 89.4 cm³/mol. The van der Waals surface area contributed by atoms with Crippen LogP contribution in [0.4, 0.5) is 4.39 Å². The van der Waals surface area contributed by atoms with Crippen LogP contribution in [0.1, 0.15) is 22.8 Å². The minimum Gasteiger partial charge on any atom is -0.462 e. The van der Waals surface area contributed by atoms with Crippen LogP contribution in [-0.4, -0.2) is 22.0 Å². The van der Waals surface area contributed by atoms with Gasteiger partial charge in [-0.3, -0.25) is 0 Å². The monoisotopic (exact) mass is 339 g/mol. The maximum atomic E-state index is 13.1. The molecule has 0 saturated heterocycles. The van der Waals surface area contributed by atoms with Crippen molar-refractivity contribution >= 4 is 11.5 Å². The third-order valence-corrected chi connectivity index (χ3v) is 3.65. The number of hydrogen-bond donors (Lipinski definition) is 0. The Morgan fingerprint density at radius 3 is 2.92 bits per heavy atom. The molecule has 0 N–H and O–H groups in total. The highest BCUT2D eigenvalue weighted by molar-refractivity contribution is 5.99. The van der Waals surface area contributed by atoms with Crippen LogP contribution in [0.3, 0.4) is 0 Å². The fraction of sp³-hybridized carbons (Fsp3) is 0.176. The Kier molecular flexibility index (Phi) is 4.63. The van der Waals surface area contributed by atoms with Crippen molar-refractivity contribution in [2.75, 3.05) is 6.61 Å². The average molecular weight is 339 g/mol. The fourth-order valence-electron chi connectivity index (χ4n) is 2.61. The van der Waals surface area contributed by atoms with E-state index in [1.807, 2.05) is 6.07 Å². The van der Waals surface area contributed by atoms with Crippen LogP contribution < -0.4 is 0 Å². The molecular weight excluding hydrogens is 325 g/mol. The standard InChI is InChI=1S/C17H14FN5O2/c1-2-25-17(24)14-8-13-7-11(9-21-22-19)5-6-23(13)16(14)12-3-4-15(18)20-10-12/h3-8,10H,2,9H2,1H3. The summed E-state index contributed by atoms with van der Waals surface area (Å²) < 4.78 is 20.1. The summed E-state index contributed by atoms with van der Waals surface area (Å²) in [6.45, 7) is 2.18. The summed E-state index contributed by atoms with van der Waals surface area (Å²) in [7, 11) is 0. The van der Waals surface area contributed by atoms with Crippen LogP contribution in [0.15, 0.2) is 47.8 Å². The highest BCUT2D eigenvalue weighted by Gasteiger charge is 2.20. The third-order valence-electron chi connectivity index (χ3n) is 3.65. The summed E-state index contributed by atoms with van der Waals surface area (Å²) in [5.41, 5.74) is 11.5. The Hall–Kier alpha value is -3.38. The fourth-order valence-corrected chi connectivity index (χ4v) is 2.61. The summed E-state index contributed by atoms with van der Waals surface area (Å²) in [4.78, 5) is 18.7.